The number of benzene rings is 1. The van der Waals surface area contributed by atoms with Gasteiger partial charge in [0.1, 0.15) is 11.1 Å². The Hall–Kier alpha value is -2.47. The third-order valence-corrected chi connectivity index (χ3v) is 2.66. The van der Waals surface area contributed by atoms with Crippen LogP contribution in [0.1, 0.15) is 5.56 Å². The topological polar surface area (TPSA) is 96.2 Å². The molecule has 0 bridgehead atoms. The Bertz CT molecular complexity index is 818. The van der Waals surface area contributed by atoms with Crippen LogP contribution in [-0.2, 0) is 6.61 Å². The molecular formula is C12H8N2O4. The highest BCUT2D eigenvalue weighted by Crippen LogP contribution is 2.23. The molecule has 0 atom stereocenters. The van der Waals surface area contributed by atoms with E-state index in [1.807, 2.05) is 0 Å². The van der Waals surface area contributed by atoms with E-state index in [9.17, 15) is 9.59 Å². The van der Waals surface area contributed by atoms with Gasteiger partial charge in [-0.1, -0.05) is 6.07 Å². The zero-order chi connectivity index (χ0) is 12.7. The number of aliphatic hydroxyl groups excluding tert-OH is 1. The molecule has 0 fully saturated rings. The lowest BCUT2D eigenvalue weighted by Crippen LogP contribution is -2.24. The molecule has 90 valence electrons. The minimum atomic E-state index is -0.734. The highest BCUT2D eigenvalue weighted by Gasteiger charge is 2.13. The summed E-state index contributed by atoms with van der Waals surface area (Å²) in [6, 6.07) is 6.65. The average molecular weight is 244 g/mol. The molecule has 6 heteroatoms. The van der Waals surface area contributed by atoms with Crippen LogP contribution in [0.2, 0.25) is 0 Å². The Kier molecular flexibility index (Phi) is 2.24. The zero-order valence-electron chi connectivity index (χ0n) is 9.14. The molecule has 0 spiro atoms. The molecule has 0 saturated heterocycles. The summed E-state index contributed by atoms with van der Waals surface area (Å²) in [6.07, 6.45) is 0. The summed E-state index contributed by atoms with van der Waals surface area (Å²) in [7, 11) is 0. The van der Waals surface area contributed by atoms with E-state index in [1.54, 1.807) is 24.3 Å². The van der Waals surface area contributed by atoms with E-state index in [0.29, 0.717) is 16.5 Å². The standard InChI is InChI=1S/C12H8N2O4/c15-5-6-1-2-9-7(3-6)4-8-10(16)13-12(17)14-11(8)18-9/h1-4,15H,5H2,(H,13,16,17). The first-order valence-corrected chi connectivity index (χ1v) is 5.25. The smallest absolute Gasteiger partial charge is 0.351 e. The minimum Gasteiger partial charge on any atom is -0.437 e. The number of fused-ring (bicyclic) bond motifs is 2. The van der Waals surface area contributed by atoms with Crippen molar-refractivity contribution in [3.8, 4) is 11.5 Å². The van der Waals surface area contributed by atoms with Gasteiger partial charge >= 0.3 is 5.69 Å². The van der Waals surface area contributed by atoms with Crippen LogP contribution in [0.25, 0.3) is 22.4 Å². The summed E-state index contributed by atoms with van der Waals surface area (Å²) in [4.78, 5) is 28.4. The van der Waals surface area contributed by atoms with Crippen LogP contribution in [-0.4, -0.2) is 15.1 Å². The first-order chi connectivity index (χ1) is 8.67. The molecule has 6 nitrogen and oxygen atoms in total. The van der Waals surface area contributed by atoms with E-state index in [0.717, 1.165) is 0 Å². The summed E-state index contributed by atoms with van der Waals surface area (Å²) < 4.78 is 5.39. The second-order valence-corrected chi connectivity index (χ2v) is 3.87. The minimum absolute atomic E-state index is 0.00741. The Morgan fingerprint density at radius 2 is 2.11 bits per heavy atom. The number of nitrogens with one attached hydrogen (secondary N) is 1. The molecule has 1 aromatic carbocycles. The van der Waals surface area contributed by atoms with E-state index < -0.39 is 11.2 Å². The predicted octanol–water partition coefficient (Wildman–Crippen LogP) is 0.473. The van der Waals surface area contributed by atoms with Crippen molar-refractivity contribution in [1.29, 1.82) is 0 Å². The molecule has 18 heavy (non-hydrogen) atoms. The Morgan fingerprint density at radius 3 is 2.89 bits per heavy atom. The monoisotopic (exact) mass is 244 g/mol. The molecule has 2 heterocycles. The summed E-state index contributed by atoms with van der Waals surface area (Å²) in [5.74, 6) is 0.00741. The second kappa shape index (κ2) is 3.78. The fourth-order valence-electron chi connectivity index (χ4n) is 1.81. The van der Waals surface area contributed by atoms with Crippen molar-refractivity contribution in [1.82, 2.24) is 9.97 Å². The van der Waals surface area contributed by atoms with E-state index in [4.69, 9.17) is 9.52 Å². The van der Waals surface area contributed by atoms with Crippen molar-refractivity contribution in [2.75, 3.05) is 0 Å². The third kappa shape index (κ3) is 1.59. The van der Waals surface area contributed by atoms with Crippen LogP contribution in [0, 0.1) is 0 Å². The zero-order valence-corrected chi connectivity index (χ0v) is 9.14. The Balaban J connectivity index is 2.44. The number of rotatable bonds is 1. The number of nitrogens with zero attached hydrogens (tertiary/aromatic N) is 1. The van der Waals surface area contributed by atoms with Crippen LogP contribution in [0.3, 0.4) is 0 Å². The Labute approximate surface area is 99.9 Å². The van der Waals surface area contributed by atoms with Gasteiger partial charge in [0.15, 0.2) is 0 Å². The second-order valence-electron chi connectivity index (χ2n) is 3.87. The van der Waals surface area contributed by atoms with Gasteiger partial charge in [0.25, 0.3) is 5.56 Å². The van der Waals surface area contributed by atoms with Gasteiger partial charge in [-0.15, -0.1) is 0 Å². The quantitative estimate of drug-likeness (QED) is 0.607. The lowest BCUT2D eigenvalue weighted by Gasteiger charge is -2.05. The van der Waals surface area contributed by atoms with E-state index in [1.165, 1.54) is 0 Å². The van der Waals surface area contributed by atoms with Crippen LogP contribution in [0.15, 0.2) is 38.3 Å². The maximum atomic E-state index is 11.6. The molecule has 1 aromatic rings. The Morgan fingerprint density at radius 1 is 1.28 bits per heavy atom. The van der Waals surface area contributed by atoms with Gasteiger partial charge in [0.2, 0.25) is 5.89 Å². The van der Waals surface area contributed by atoms with Crippen LogP contribution < -0.4 is 11.2 Å². The first-order valence-electron chi connectivity index (χ1n) is 5.25. The van der Waals surface area contributed by atoms with Gasteiger partial charge in [0, 0.05) is 5.39 Å². The van der Waals surface area contributed by atoms with Gasteiger partial charge < -0.3 is 9.52 Å². The number of aliphatic hydroxyl groups is 1. The van der Waals surface area contributed by atoms with Crippen molar-refractivity contribution in [3.05, 3.63) is 50.7 Å². The predicted molar refractivity (Wildman–Crippen MR) is 63.4 cm³/mol. The molecule has 0 unspecified atom stereocenters. The molecule has 2 aliphatic heterocycles. The van der Waals surface area contributed by atoms with E-state index in [-0.39, 0.29) is 18.1 Å². The average Bonchev–Trinajstić information content (AvgIpc) is 2.36. The van der Waals surface area contributed by atoms with Crippen molar-refractivity contribution in [3.63, 3.8) is 0 Å². The molecule has 2 aliphatic rings. The molecule has 0 amide bonds. The number of hydrogen-bond acceptors (Lipinski definition) is 5. The summed E-state index contributed by atoms with van der Waals surface area (Å²) >= 11 is 0. The molecule has 0 saturated carbocycles. The molecule has 0 radical (unpaired) electrons. The van der Waals surface area contributed by atoms with Crippen molar-refractivity contribution in [2.24, 2.45) is 0 Å². The van der Waals surface area contributed by atoms with Crippen molar-refractivity contribution in [2.45, 2.75) is 6.61 Å². The van der Waals surface area contributed by atoms with E-state index >= 15 is 0 Å². The fourth-order valence-corrected chi connectivity index (χ4v) is 1.81. The molecule has 0 aromatic heterocycles. The van der Waals surface area contributed by atoms with Gasteiger partial charge in [-0.3, -0.25) is 9.78 Å². The maximum Gasteiger partial charge on any atom is 0.351 e. The normalized spacial score (nSPS) is 11.2. The lowest BCUT2D eigenvalue weighted by atomic mass is 10.1. The number of aromatic amines is 1. The third-order valence-electron chi connectivity index (χ3n) is 2.66. The number of H-pyrrole nitrogens is 1. The van der Waals surface area contributed by atoms with Crippen molar-refractivity contribution < 1.29 is 9.52 Å². The number of aromatic nitrogens is 2. The van der Waals surface area contributed by atoms with Crippen LogP contribution in [0.5, 0.6) is 0 Å². The van der Waals surface area contributed by atoms with Crippen LogP contribution >= 0.6 is 0 Å². The first kappa shape index (κ1) is 10.7. The summed E-state index contributed by atoms with van der Waals surface area (Å²) in [6.45, 7) is -0.0952. The largest absolute Gasteiger partial charge is 0.437 e. The molecule has 3 rings (SSSR count). The van der Waals surface area contributed by atoms with Crippen molar-refractivity contribution >= 4 is 11.0 Å². The highest BCUT2D eigenvalue weighted by molar-refractivity contribution is 5.82. The summed E-state index contributed by atoms with van der Waals surface area (Å²) in [5, 5.41) is 9.72. The van der Waals surface area contributed by atoms with Crippen LogP contribution in [0.4, 0.5) is 0 Å². The van der Waals surface area contributed by atoms with Gasteiger partial charge in [0.05, 0.1) is 6.61 Å². The number of hydrogen-bond donors (Lipinski definition) is 2. The van der Waals surface area contributed by atoms with Gasteiger partial charge in [-0.2, -0.15) is 4.98 Å². The lowest BCUT2D eigenvalue weighted by molar-refractivity contribution is 0.282. The van der Waals surface area contributed by atoms with Gasteiger partial charge in [-0.05, 0) is 23.8 Å². The highest BCUT2D eigenvalue weighted by atomic mass is 16.3. The van der Waals surface area contributed by atoms with Gasteiger partial charge in [-0.25, -0.2) is 4.79 Å². The fraction of sp³-hybridized carbons (Fsp3) is 0.0833. The molecule has 0 aliphatic carbocycles. The van der Waals surface area contributed by atoms with E-state index in [2.05, 4.69) is 9.97 Å². The SMILES string of the molecule is O=c1nc2oc3ccc(CO)cc3cc-2c(=O)[nH]1. The summed E-state index contributed by atoms with van der Waals surface area (Å²) in [5.41, 5.74) is 0.143. The molecular weight excluding hydrogens is 236 g/mol. The maximum absolute atomic E-state index is 11.6. The molecule has 2 N–H and O–H groups in total.